The maximum absolute atomic E-state index is 10.8. The summed E-state index contributed by atoms with van der Waals surface area (Å²) in [4.78, 5) is 13.0. The predicted octanol–water partition coefficient (Wildman–Crippen LogP) is 1.23. The Kier molecular flexibility index (Phi) is 4.50. The lowest BCUT2D eigenvalue weighted by Crippen LogP contribution is -2.45. The number of carbonyl (C=O) groups is 1. The summed E-state index contributed by atoms with van der Waals surface area (Å²) < 4.78 is 5.34. The molecule has 1 aliphatic heterocycles. The highest BCUT2D eigenvalue weighted by Gasteiger charge is 2.25. The first kappa shape index (κ1) is 13.5. The van der Waals surface area contributed by atoms with Gasteiger partial charge in [-0.1, -0.05) is 12.1 Å². The van der Waals surface area contributed by atoms with Gasteiger partial charge >= 0.3 is 5.97 Å². The average Bonchev–Trinajstić information content (AvgIpc) is 2.41. The molecule has 0 aliphatic carbocycles. The highest BCUT2D eigenvalue weighted by Crippen LogP contribution is 2.15. The Morgan fingerprint density at radius 2 is 2.21 bits per heavy atom. The molecule has 0 amide bonds. The van der Waals surface area contributed by atoms with Crippen molar-refractivity contribution in [3.63, 3.8) is 0 Å². The Balaban J connectivity index is 2.02. The fourth-order valence-corrected chi connectivity index (χ4v) is 2.21. The smallest absolute Gasteiger partial charge is 0.305 e. The third-order valence-corrected chi connectivity index (χ3v) is 3.23. The monoisotopic (exact) mass is 260 g/mol. The summed E-state index contributed by atoms with van der Waals surface area (Å²) in [5.41, 5.74) is 1.71. The van der Waals surface area contributed by atoms with Crippen molar-refractivity contribution in [1.29, 1.82) is 5.26 Å². The molecule has 0 spiro atoms. The third-order valence-electron chi connectivity index (χ3n) is 3.23. The van der Waals surface area contributed by atoms with Crippen LogP contribution in [0.2, 0.25) is 0 Å². The van der Waals surface area contributed by atoms with Crippen molar-refractivity contribution < 1.29 is 14.6 Å². The number of rotatable bonds is 4. The molecule has 1 unspecified atom stereocenters. The molecule has 1 fully saturated rings. The molecule has 0 saturated carbocycles. The van der Waals surface area contributed by atoms with Gasteiger partial charge in [0.25, 0.3) is 0 Å². The lowest BCUT2D eigenvalue weighted by atomic mass is 10.1. The lowest BCUT2D eigenvalue weighted by molar-refractivity contribution is -0.140. The molecule has 5 nitrogen and oxygen atoms in total. The van der Waals surface area contributed by atoms with Gasteiger partial charge in [0.2, 0.25) is 0 Å². The summed E-state index contributed by atoms with van der Waals surface area (Å²) in [6.07, 6.45) is 0.0935. The topological polar surface area (TPSA) is 73.6 Å². The molecule has 1 aliphatic rings. The lowest BCUT2D eigenvalue weighted by Gasteiger charge is -2.34. The summed E-state index contributed by atoms with van der Waals surface area (Å²) in [5.74, 6) is -0.805. The van der Waals surface area contributed by atoms with Crippen LogP contribution >= 0.6 is 0 Å². The molecular weight excluding hydrogens is 244 g/mol. The Morgan fingerprint density at radius 1 is 1.47 bits per heavy atom. The number of benzene rings is 1. The van der Waals surface area contributed by atoms with E-state index in [0.717, 1.165) is 12.1 Å². The van der Waals surface area contributed by atoms with Gasteiger partial charge in [-0.15, -0.1) is 0 Å². The third kappa shape index (κ3) is 3.78. The predicted molar refractivity (Wildman–Crippen MR) is 68.4 cm³/mol. The summed E-state index contributed by atoms with van der Waals surface area (Å²) in [6.45, 7) is 2.51. The fraction of sp³-hybridized carbons (Fsp3) is 0.429. The molecule has 1 saturated heterocycles. The SMILES string of the molecule is N#Cc1ccc(CN2CCOCC2CC(=O)O)cc1. The molecule has 0 radical (unpaired) electrons. The minimum atomic E-state index is -0.805. The first-order valence-electron chi connectivity index (χ1n) is 6.21. The van der Waals surface area contributed by atoms with E-state index in [1.54, 1.807) is 12.1 Å². The van der Waals surface area contributed by atoms with E-state index < -0.39 is 5.97 Å². The maximum Gasteiger partial charge on any atom is 0.305 e. The van der Waals surface area contributed by atoms with Gasteiger partial charge in [0.1, 0.15) is 0 Å². The molecule has 1 heterocycles. The quantitative estimate of drug-likeness (QED) is 0.881. The van der Waals surface area contributed by atoms with Crippen molar-refractivity contribution in [2.45, 2.75) is 19.0 Å². The molecule has 0 bridgehead atoms. The van der Waals surface area contributed by atoms with Crippen molar-refractivity contribution in [3.05, 3.63) is 35.4 Å². The van der Waals surface area contributed by atoms with Crippen molar-refractivity contribution in [3.8, 4) is 6.07 Å². The second-order valence-corrected chi connectivity index (χ2v) is 4.61. The zero-order valence-corrected chi connectivity index (χ0v) is 10.6. The van der Waals surface area contributed by atoms with Crippen LogP contribution < -0.4 is 0 Å². The zero-order chi connectivity index (χ0) is 13.7. The molecule has 2 rings (SSSR count). The van der Waals surface area contributed by atoms with Gasteiger partial charge in [-0.05, 0) is 17.7 Å². The zero-order valence-electron chi connectivity index (χ0n) is 10.6. The number of morpholine rings is 1. The van der Waals surface area contributed by atoms with Crippen LogP contribution in [0.3, 0.4) is 0 Å². The number of hydrogen-bond donors (Lipinski definition) is 1. The molecule has 19 heavy (non-hydrogen) atoms. The number of carboxylic acid groups (broad SMARTS) is 1. The number of ether oxygens (including phenoxy) is 1. The Morgan fingerprint density at radius 3 is 2.84 bits per heavy atom. The van der Waals surface area contributed by atoms with Crippen LogP contribution in [0.5, 0.6) is 0 Å². The van der Waals surface area contributed by atoms with Crippen LogP contribution in [-0.4, -0.2) is 41.8 Å². The van der Waals surface area contributed by atoms with Crippen LogP contribution in [0, 0.1) is 11.3 Å². The Hall–Kier alpha value is -1.90. The Labute approximate surface area is 112 Å². The minimum absolute atomic E-state index is 0.0816. The molecule has 0 aromatic heterocycles. The van der Waals surface area contributed by atoms with Gasteiger partial charge in [-0.25, -0.2) is 0 Å². The van der Waals surface area contributed by atoms with Gasteiger partial charge in [-0.2, -0.15) is 5.26 Å². The van der Waals surface area contributed by atoms with Gasteiger partial charge < -0.3 is 9.84 Å². The van der Waals surface area contributed by atoms with E-state index in [1.807, 2.05) is 12.1 Å². The molecule has 100 valence electrons. The average molecular weight is 260 g/mol. The van der Waals surface area contributed by atoms with Crippen LogP contribution in [0.15, 0.2) is 24.3 Å². The first-order valence-corrected chi connectivity index (χ1v) is 6.21. The van der Waals surface area contributed by atoms with E-state index in [9.17, 15) is 4.79 Å². The standard InChI is InChI=1S/C14H16N2O3/c15-8-11-1-3-12(4-2-11)9-16-5-6-19-10-13(16)7-14(17)18/h1-4,13H,5-7,9-10H2,(H,17,18). The van der Waals surface area contributed by atoms with Crippen LogP contribution in [0.1, 0.15) is 17.5 Å². The first-order chi connectivity index (χ1) is 9.19. The van der Waals surface area contributed by atoms with Crippen molar-refractivity contribution in [2.24, 2.45) is 0 Å². The van der Waals surface area contributed by atoms with Gasteiger partial charge in [-0.3, -0.25) is 9.69 Å². The highest BCUT2D eigenvalue weighted by atomic mass is 16.5. The number of carboxylic acids is 1. The summed E-state index contributed by atoms with van der Waals surface area (Å²) in [6, 6.07) is 9.38. The van der Waals surface area contributed by atoms with E-state index >= 15 is 0 Å². The number of hydrogen-bond acceptors (Lipinski definition) is 4. The summed E-state index contributed by atoms with van der Waals surface area (Å²) in [7, 11) is 0. The van der Waals surface area contributed by atoms with Gasteiger partial charge in [0.15, 0.2) is 0 Å². The van der Waals surface area contributed by atoms with E-state index in [-0.39, 0.29) is 12.5 Å². The largest absolute Gasteiger partial charge is 0.481 e. The van der Waals surface area contributed by atoms with Crippen LogP contribution in [-0.2, 0) is 16.1 Å². The van der Waals surface area contributed by atoms with E-state index in [0.29, 0.717) is 25.3 Å². The second kappa shape index (κ2) is 6.32. The normalized spacial score (nSPS) is 19.8. The second-order valence-electron chi connectivity index (χ2n) is 4.61. The number of nitriles is 1. The molecule has 1 atom stereocenters. The number of nitrogens with zero attached hydrogens (tertiary/aromatic N) is 2. The minimum Gasteiger partial charge on any atom is -0.481 e. The highest BCUT2D eigenvalue weighted by molar-refractivity contribution is 5.67. The van der Waals surface area contributed by atoms with Crippen molar-refractivity contribution in [2.75, 3.05) is 19.8 Å². The molecule has 1 N–H and O–H groups in total. The maximum atomic E-state index is 10.8. The van der Waals surface area contributed by atoms with E-state index in [1.165, 1.54) is 0 Å². The molecule has 1 aromatic carbocycles. The van der Waals surface area contributed by atoms with Gasteiger partial charge in [0, 0.05) is 19.1 Å². The van der Waals surface area contributed by atoms with Crippen molar-refractivity contribution >= 4 is 5.97 Å². The van der Waals surface area contributed by atoms with E-state index in [4.69, 9.17) is 15.1 Å². The van der Waals surface area contributed by atoms with Gasteiger partial charge in [0.05, 0.1) is 31.3 Å². The summed E-state index contributed by atoms with van der Waals surface area (Å²) in [5, 5.41) is 17.6. The molecule has 1 aromatic rings. The van der Waals surface area contributed by atoms with Crippen LogP contribution in [0.25, 0.3) is 0 Å². The van der Waals surface area contributed by atoms with E-state index in [2.05, 4.69) is 11.0 Å². The van der Waals surface area contributed by atoms with Crippen molar-refractivity contribution in [1.82, 2.24) is 4.90 Å². The van der Waals surface area contributed by atoms with Crippen LogP contribution in [0.4, 0.5) is 0 Å². The fourth-order valence-electron chi connectivity index (χ4n) is 2.21. The molecular formula is C14H16N2O3. The summed E-state index contributed by atoms with van der Waals surface area (Å²) >= 11 is 0. The Bertz CT molecular complexity index is 478. The number of aliphatic carboxylic acids is 1. The molecule has 5 heteroatoms.